The minimum absolute atomic E-state index is 0.0254. The Morgan fingerprint density at radius 1 is 1.10 bits per heavy atom. The fourth-order valence-corrected chi connectivity index (χ4v) is 5.39. The molecule has 0 aliphatic carbocycles. The van der Waals surface area contributed by atoms with Crippen molar-refractivity contribution in [3.05, 3.63) is 51.8 Å². The van der Waals surface area contributed by atoms with E-state index in [1.807, 2.05) is 20.8 Å². The number of carbonyl (C=O) groups excluding carboxylic acids is 4. The number of hydrogen-bond acceptors (Lipinski definition) is 5. The number of rotatable bonds is 13. The number of Topliss-reactive ketones (excluding diaryl/α,β-unsaturated/α-hetero) is 1. The zero-order chi connectivity index (χ0) is 30.3. The monoisotopic (exact) mass is 593 g/mol. The summed E-state index contributed by atoms with van der Waals surface area (Å²) in [6.07, 6.45) is 5.50. The first-order chi connectivity index (χ1) is 19.3. The largest absolute Gasteiger partial charge is 0.460 e. The normalized spacial score (nSPS) is 13.4. The lowest BCUT2D eigenvalue weighted by Gasteiger charge is -2.22. The number of unbranched alkanes of at least 4 members (excludes halogenated alkanes) is 1. The maximum Gasteiger partial charge on any atom is 0.306 e. The predicted molar refractivity (Wildman–Crippen MR) is 152 cm³/mol. The van der Waals surface area contributed by atoms with Crippen LogP contribution in [0.2, 0.25) is 5.02 Å². The Bertz CT molecular complexity index is 1300. The van der Waals surface area contributed by atoms with Crippen LogP contribution in [0, 0.1) is 17.6 Å². The van der Waals surface area contributed by atoms with Crippen molar-refractivity contribution in [2.24, 2.45) is 5.92 Å². The fourth-order valence-electron chi connectivity index (χ4n) is 5.01. The molecule has 2 heterocycles. The standard InChI is InChI=1S/C30H38ClF2N3O5/c1-5-6-9-18(16-23(37)41-30(2,3)4)10-7-14-34-29(40)27(38)26-25(31)24(22-11-8-15-36(22)26)28(39)35-19-12-13-20(32)21(33)17-19/h12-13,17-18H,5-11,14-16H2,1-4H3,(H,34,40)(H,35,39)/t18-/m0/s1. The highest BCUT2D eigenvalue weighted by Gasteiger charge is 2.34. The number of aromatic nitrogens is 1. The highest BCUT2D eigenvalue weighted by atomic mass is 35.5. The zero-order valence-electron chi connectivity index (χ0n) is 24.0. The van der Waals surface area contributed by atoms with E-state index in [2.05, 4.69) is 17.6 Å². The summed E-state index contributed by atoms with van der Waals surface area (Å²) in [5.74, 6) is -4.70. The van der Waals surface area contributed by atoms with E-state index in [0.29, 0.717) is 44.3 Å². The number of nitrogens with zero attached hydrogens (tertiary/aromatic N) is 1. The molecular weight excluding hydrogens is 556 g/mol. The molecule has 1 atom stereocenters. The SMILES string of the molecule is CCCC[C@@H](CCCNC(=O)C(=O)c1c(Cl)c(C(=O)Nc2ccc(F)c(F)c2)c2n1CCC2)CC(=O)OC(C)(C)C. The van der Waals surface area contributed by atoms with Crippen LogP contribution in [0.15, 0.2) is 18.2 Å². The van der Waals surface area contributed by atoms with E-state index in [4.69, 9.17) is 16.3 Å². The third-order valence-electron chi connectivity index (χ3n) is 6.85. The van der Waals surface area contributed by atoms with Gasteiger partial charge >= 0.3 is 5.97 Å². The van der Waals surface area contributed by atoms with Gasteiger partial charge in [-0.25, -0.2) is 8.78 Å². The summed E-state index contributed by atoms with van der Waals surface area (Å²) in [5, 5.41) is 4.96. The first kappa shape index (κ1) is 32.2. The summed E-state index contributed by atoms with van der Waals surface area (Å²) in [6, 6.07) is 2.94. The van der Waals surface area contributed by atoms with Gasteiger partial charge in [0, 0.05) is 37.0 Å². The second-order valence-corrected chi connectivity index (χ2v) is 11.7. The summed E-state index contributed by atoms with van der Waals surface area (Å²) >= 11 is 6.49. The number of ether oxygens (including phenoxy) is 1. The van der Waals surface area contributed by atoms with E-state index >= 15 is 0 Å². The molecule has 2 aromatic rings. The van der Waals surface area contributed by atoms with Gasteiger partial charge in [0.1, 0.15) is 11.3 Å². The van der Waals surface area contributed by atoms with Crippen molar-refractivity contribution in [1.82, 2.24) is 9.88 Å². The second-order valence-electron chi connectivity index (χ2n) is 11.3. The maximum absolute atomic E-state index is 13.6. The average molecular weight is 594 g/mol. The minimum Gasteiger partial charge on any atom is -0.460 e. The quantitative estimate of drug-likeness (QED) is 0.124. The van der Waals surface area contributed by atoms with Gasteiger partial charge < -0.3 is 19.9 Å². The van der Waals surface area contributed by atoms with E-state index < -0.39 is 34.8 Å². The highest BCUT2D eigenvalue weighted by molar-refractivity contribution is 6.48. The van der Waals surface area contributed by atoms with Crippen molar-refractivity contribution < 1.29 is 32.7 Å². The number of carbonyl (C=O) groups is 4. The molecule has 41 heavy (non-hydrogen) atoms. The van der Waals surface area contributed by atoms with Crippen LogP contribution in [0.3, 0.4) is 0 Å². The Kier molecular flexibility index (Phi) is 11.1. The lowest BCUT2D eigenvalue weighted by molar-refractivity contribution is -0.156. The van der Waals surface area contributed by atoms with Crippen LogP contribution in [-0.4, -0.2) is 40.3 Å². The number of ketones is 1. The smallest absolute Gasteiger partial charge is 0.306 e. The fraction of sp³-hybridized carbons (Fsp3) is 0.533. The number of amides is 2. The molecule has 1 aliphatic heterocycles. The number of anilines is 1. The van der Waals surface area contributed by atoms with E-state index in [1.54, 1.807) is 4.57 Å². The van der Waals surface area contributed by atoms with E-state index in [9.17, 15) is 28.0 Å². The molecule has 0 unspecified atom stereocenters. The van der Waals surface area contributed by atoms with Crippen molar-refractivity contribution in [3.8, 4) is 0 Å². The van der Waals surface area contributed by atoms with Crippen LogP contribution in [-0.2, 0) is 27.3 Å². The van der Waals surface area contributed by atoms with Gasteiger partial charge in [-0.05, 0) is 70.9 Å². The number of halogens is 3. The van der Waals surface area contributed by atoms with E-state index in [1.165, 1.54) is 6.07 Å². The van der Waals surface area contributed by atoms with Crippen molar-refractivity contribution in [3.63, 3.8) is 0 Å². The molecule has 8 nitrogen and oxygen atoms in total. The van der Waals surface area contributed by atoms with Gasteiger partial charge in [-0.15, -0.1) is 0 Å². The summed E-state index contributed by atoms with van der Waals surface area (Å²) in [5.41, 5.74) is -0.0613. The molecule has 11 heteroatoms. The van der Waals surface area contributed by atoms with E-state index in [-0.39, 0.29) is 40.4 Å². The molecule has 1 aliphatic rings. The van der Waals surface area contributed by atoms with Gasteiger partial charge in [-0.3, -0.25) is 19.2 Å². The molecule has 0 fully saturated rings. The van der Waals surface area contributed by atoms with Gasteiger partial charge in [0.05, 0.1) is 10.6 Å². The van der Waals surface area contributed by atoms with Gasteiger partial charge in [-0.1, -0.05) is 31.4 Å². The summed E-state index contributed by atoms with van der Waals surface area (Å²) in [6.45, 7) is 8.20. The Morgan fingerprint density at radius 3 is 2.46 bits per heavy atom. The van der Waals surface area contributed by atoms with Crippen LogP contribution < -0.4 is 10.6 Å². The predicted octanol–water partition coefficient (Wildman–Crippen LogP) is 6.24. The molecule has 3 rings (SSSR count). The summed E-state index contributed by atoms with van der Waals surface area (Å²) in [7, 11) is 0. The maximum atomic E-state index is 13.6. The van der Waals surface area contributed by atoms with Gasteiger partial charge in [0.2, 0.25) is 0 Å². The van der Waals surface area contributed by atoms with Crippen LogP contribution in [0.4, 0.5) is 14.5 Å². The topological polar surface area (TPSA) is 106 Å². The Balaban J connectivity index is 1.63. The molecule has 1 aromatic carbocycles. The Labute approximate surface area is 244 Å². The van der Waals surface area contributed by atoms with Gasteiger partial charge in [0.15, 0.2) is 11.6 Å². The molecule has 0 saturated heterocycles. The molecule has 0 spiro atoms. The molecule has 0 saturated carbocycles. The van der Waals surface area contributed by atoms with Crippen molar-refractivity contribution in [2.75, 3.05) is 11.9 Å². The third kappa shape index (κ3) is 8.61. The highest BCUT2D eigenvalue weighted by Crippen LogP contribution is 2.34. The van der Waals surface area contributed by atoms with Gasteiger partial charge in [-0.2, -0.15) is 0 Å². The minimum atomic E-state index is -1.12. The lowest BCUT2D eigenvalue weighted by atomic mass is 9.93. The average Bonchev–Trinajstić information content (AvgIpc) is 3.44. The number of esters is 1. The molecule has 1 aromatic heterocycles. The van der Waals surface area contributed by atoms with Crippen molar-refractivity contribution in [1.29, 1.82) is 0 Å². The van der Waals surface area contributed by atoms with Crippen molar-refractivity contribution in [2.45, 2.75) is 91.2 Å². The van der Waals surface area contributed by atoms with E-state index in [0.717, 1.165) is 31.4 Å². The Morgan fingerprint density at radius 2 is 1.80 bits per heavy atom. The number of nitrogens with one attached hydrogen (secondary N) is 2. The van der Waals surface area contributed by atoms with Crippen LogP contribution in [0.25, 0.3) is 0 Å². The molecule has 0 radical (unpaired) electrons. The Hall–Kier alpha value is -3.27. The third-order valence-corrected chi connectivity index (χ3v) is 7.22. The molecule has 2 N–H and O–H groups in total. The first-order valence-electron chi connectivity index (χ1n) is 14.0. The number of fused-ring (bicyclic) bond motifs is 1. The molecular formula is C30H38ClF2N3O5. The summed E-state index contributed by atoms with van der Waals surface area (Å²) in [4.78, 5) is 51.3. The van der Waals surface area contributed by atoms with Crippen LogP contribution in [0.5, 0.6) is 0 Å². The zero-order valence-corrected chi connectivity index (χ0v) is 24.8. The van der Waals surface area contributed by atoms with Crippen LogP contribution in [0.1, 0.15) is 99.2 Å². The molecule has 2 amide bonds. The molecule has 224 valence electrons. The van der Waals surface area contributed by atoms with Crippen LogP contribution >= 0.6 is 11.6 Å². The second kappa shape index (κ2) is 14.1. The van der Waals surface area contributed by atoms with Gasteiger partial charge in [0.25, 0.3) is 17.6 Å². The lowest BCUT2D eigenvalue weighted by Crippen LogP contribution is -2.33. The van der Waals surface area contributed by atoms with Crippen molar-refractivity contribution >= 4 is 40.9 Å². The first-order valence-corrected chi connectivity index (χ1v) is 14.4. The number of benzene rings is 1. The summed E-state index contributed by atoms with van der Waals surface area (Å²) < 4.78 is 33.9. The molecule has 0 bridgehead atoms. The number of hydrogen-bond donors (Lipinski definition) is 2.